The van der Waals surface area contributed by atoms with Crippen LogP contribution in [0.15, 0.2) is 28.8 Å². The number of benzene rings is 1. The van der Waals surface area contributed by atoms with Gasteiger partial charge < -0.3 is 14.6 Å². The minimum atomic E-state index is -0.400. The Morgan fingerprint density at radius 3 is 2.95 bits per heavy atom. The summed E-state index contributed by atoms with van der Waals surface area (Å²) >= 11 is 0. The number of hydrogen-bond acceptors (Lipinski definition) is 5. The van der Waals surface area contributed by atoms with E-state index in [-0.39, 0.29) is 30.2 Å². The fraction of sp³-hybridized carbons (Fsp3) is 0.429. The number of ether oxygens (including phenoxy) is 1. The molecule has 2 aromatic rings. The molecule has 1 aliphatic rings. The van der Waals surface area contributed by atoms with E-state index in [9.17, 15) is 4.39 Å². The molecule has 1 N–H and O–H groups in total. The Kier molecular flexibility index (Phi) is 4.80. The summed E-state index contributed by atoms with van der Waals surface area (Å²) in [4.78, 5) is 4.34. The zero-order valence-electron chi connectivity index (χ0n) is 11.6. The Balaban J connectivity index is 0.00000161. The number of halogens is 2. The summed E-state index contributed by atoms with van der Waals surface area (Å²) in [5.41, 5.74) is -0.122. The largest absolute Gasteiger partial charge is 0.482 e. The van der Waals surface area contributed by atoms with Gasteiger partial charge in [0.2, 0.25) is 11.7 Å². The molecule has 3 rings (SSSR count). The lowest BCUT2D eigenvalue weighted by Gasteiger charge is -2.15. The molecular weight excluding hydrogens is 297 g/mol. The Morgan fingerprint density at radius 2 is 2.24 bits per heavy atom. The standard InChI is InChI=1S/C14H16FN3O2.ClH/c1-14(6-7-16-9-14)13-17-12(18-20-13)8-19-11-5-3-2-4-10(11)15;/h2-5,16H,6-9H2,1H3;1H. The van der Waals surface area contributed by atoms with Gasteiger partial charge in [-0.3, -0.25) is 0 Å². The molecule has 0 bridgehead atoms. The molecule has 1 fully saturated rings. The molecule has 1 aromatic carbocycles. The monoisotopic (exact) mass is 313 g/mol. The van der Waals surface area contributed by atoms with Gasteiger partial charge in [-0.15, -0.1) is 12.4 Å². The quantitative estimate of drug-likeness (QED) is 0.939. The minimum absolute atomic E-state index is 0. The second-order valence-electron chi connectivity index (χ2n) is 5.22. The summed E-state index contributed by atoms with van der Waals surface area (Å²) in [6.45, 7) is 3.94. The predicted molar refractivity (Wildman–Crippen MR) is 77.1 cm³/mol. The molecule has 1 saturated heterocycles. The van der Waals surface area contributed by atoms with Crippen LogP contribution in [0.3, 0.4) is 0 Å². The summed E-state index contributed by atoms with van der Waals surface area (Å²) in [5.74, 6) is 0.821. The normalized spacial score (nSPS) is 21.0. The van der Waals surface area contributed by atoms with E-state index in [1.165, 1.54) is 6.07 Å². The van der Waals surface area contributed by atoms with E-state index in [1.807, 2.05) is 0 Å². The lowest BCUT2D eigenvalue weighted by Crippen LogP contribution is -2.25. The van der Waals surface area contributed by atoms with Gasteiger partial charge in [-0.25, -0.2) is 4.39 Å². The average molecular weight is 314 g/mol. The van der Waals surface area contributed by atoms with Crippen LogP contribution in [-0.2, 0) is 12.0 Å². The van der Waals surface area contributed by atoms with Gasteiger partial charge in [0.15, 0.2) is 18.2 Å². The SMILES string of the molecule is CC1(c2nc(COc3ccccc3F)no2)CCNC1.Cl. The minimum Gasteiger partial charge on any atom is -0.482 e. The van der Waals surface area contributed by atoms with Crippen molar-refractivity contribution < 1.29 is 13.7 Å². The van der Waals surface area contributed by atoms with Crippen molar-refractivity contribution in [2.45, 2.75) is 25.4 Å². The molecule has 1 unspecified atom stereocenters. The third-order valence-electron chi connectivity index (χ3n) is 3.55. The third kappa shape index (κ3) is 3.33. The molecule has 0 radical (unpaired) electrons. The lowest BCUT2D eigenvalue weighted by molar-refractivity contribution is 0.268. The second kappa shape index (κ2) is 6.41. The molecule has 114 valence electrons. The van der Waals surface area contributed by atoms with Crippen LogP contribution in [0.25, 0.3) is 0 Å². The molecule has 5 nitrogen and oxygen atoms in total. The van der Waals surface area contributed by atoms with Gasteiger partial charge in [0, 0.05) is 6.54 Å². The van der Waals surface area contributed by atoms with Crippen LogP contribution >= 0.6 is 12.4 Å². The first-order chi connectivity index (χ1) is 9.67. The van der Waals surface area contributed by atoms with Crippen molar-refractivity contribution in [3.05, 3.63) is 41.8 Å². The van der Waals surface area contributed by atoms with E-state index in [1.54, 1.807) is 18.2 Å². The van der Waals surface area contributed by atoms with Gasteiger partial charge in [-0.05, 0) is 32.0 Å². The van der Waals surface area contributed by atoms with E-state index in [4.69, 9.17) is 9.26 Å². The molecule has 2 heterocycles. The number of nitrogens with zero attached hydrogens (tertiary/aromatic N) is 2. The smallest absolute Gasteiger partial charge is 0.234 e. The zero-order valence-corrected chi connectivity index (χ0v) is 12.5. The Bertz CT molecular complexity index is 599. The van der Waals surface area contributed by atoms with Gasteiger partial charge in [-0.2, -0.15) is 4.98 Å². The average Bonchev–Trinajstić information content (AvgIpc) is 3.08. The number of aromatic nitrogens is 2. The summed E-state index contributed by atoms with van der Waals surface area (Å²) in [7, 11) is 0. The fourth-order valence-electron chi connectivity index (χ4n) is 2.26. The summed E-state index contributed by atoms with van der Waals surface area (Å²) in [6, 6.07) is 6.24. The number of para-hydroxylation sites is 1. The molecule has 21 heavy (non-hydrogen) atoms. The summed E-state index contributed by atoms with van der Waals surface area (Å²) in [5, 5.41) is 7.17. The second-order valence-corrected chi connectivity index (χ2v) is 5.22. The Labute approximate surface area is 128 Å². The zero-order chi connectivity index (χ0) is 14.0. The van der Waals surface area contributed by atoms with Crippen molar-refractivity contribution in [2.24, 2.45) is 0 Å². The van der Waals surface area contributed by atoms with Crippen LogP contribution in [0.4, 0.5) is 4.39 Å². The maximum Gasteiger partial charge on any atom is 0.234 e. The highest BCUT2D eigenvalue weighted by molar-refractivity contribution is 5.85. The molecule has 1 aliphatic heterocycles. The van der Waals surface area contributed by atoms with Crippen molar-refractivity contribution in [1.29, 1.82) is 0 Å². The van der Waals surface area contributed by atoms with Crippen molar-refractivity contribution >= 4 is 12.4 Å². The molecule has 1 atom stereocenters. The van der Waals surface area contributed by atoms with Crippen molar-refractivity contribution in [2.75, 3.05) is 13.1 Å². The maximum atomic E-state index is 13.4. The van der Waals surface area contributed by atoms with Crippen LogP contribution in [0.2, 0.25) is 0 Å². The number of nitrogens with one attached hydrogen (secondary N) is 1. The highest BCUT2D eigenvalue weighted by Gasteiger charge is 2.36. The van der Waals surface area contributed by atoms with Gasteiger partial charge in [0.1, 0.15) is 0 Å². The topological polar surface area (TPSA) is 60.2 Å². The van der Waals surface area contributed by atoms with Crippen LogP contribution in [0.1, 0.15) is 25.1 Å². The highest BCUT2D eigenvalue weighted by atomic mass is 35.5. The first-order valence-corrected chi connectivity index (χ1v) is 6.58. The Morgan fingerprint density at radius 1 is 1.43 bits per heavy atom. The molecule has 0 saturated carbocycles. The van der Waals surface area contributed by atoms with E-state index in [2.05, 4.69) is 22.4 Å². The van der Waals surface area contributed by atoms with Crippen LogP contribution < -0.4 is 10.1 Å². The predicted octanol–water partition coefficient (Wildman–Crippen LogP) is 2.46. The molecule has 0 spiro atoms. The molecule has 0 aliphatic carbocycles. The summed E-state index contributed by atoms with van der Waals surface area (Å²) in [6.07, 6.45) is 0.961. The summed E-state index contributed by atoms with van der Waals surface area (Å²) < 4.78 is 24.1. The fourth-order valence-corrected chi connectivity index (χ4v) is 2.26. The first kappa shape index (κ1) is 15.7. The number of hydrogen-bond donors (Lipinski definition) is 1. The molecule has 1 aromatic heterocycles. The van der Waals surface area contributed by atoms with Crippen molar-refractivity contribution in [3.63, 3.8) is 0 Å². The van der Waals surface area contributed by atoms with Gasteiger partial charge in [0.25, 0.3) is 0 Å². The molecular formula is C14H17ClFN3O2. The highest BCUT2D eigenvalue weighted by Crippen LogP contribution is 2.28. The van der Waals surface area contributed by atoms with E-state index >= 15 is 0 Å². The van der Waals surface area contributed by atoms with Gasteiger partial charge >= 0.3 is 0 Å². The Hall–Kier alpha value is -1.66. The first-order valence-electron chi connectivity index (χ1n) is 6.58. The lowest BCUT2D eigenvalue weighted by atomic mass is 9.90. The van der Waals surface area contributed by atoms with Gasteiger partial charge in [-0.1, -0.05) is 17.3 Å². The van der Waals surface area contributed by atoms with Gasteiger partial charge in [0.05, 0.1) is 5.41 Å². The number of rotatable bonds is 4. The maximum absolute atomic E-state index is 13.4. The van der Waals surface area contributed by atoms with Crippen LogP contribution in [0, 0.1) is 5.82 Å². The van der Waals surface area contributed by atoms with Crippen LogP contribution in [0.5, 0.6) is 5.75 Å². The van der Waals surface area contributed by atoms with Crippen molar-refractivity contribution in [1.82, 2.24) is 15.5 Å². The third-order valence-corrected chi connectivity index (χ3v) is 3.55. The van der Waals surface area contributed by atoms with E-state index in [0.29, 0.717) is 11.7 Å². The molecule has 0 amide bonds. The van der Waals surface area contributed by atoms with Crippen LogP contribution in [-0.4, -0.2) is 23.2 Å². The molecule has 7 heteroatoms. The van der Waals surface area contributed by atoms with E-state index < -0.39 is 5.82 Å². The van der Waals surface area contributed by atoms with E-state index in [0.717, 1.165) is 19.5 Å². The van der Waals surface area contributed by atoms with Crippen molar-refractivity contribution in [3.8, 4) is 5.75 Å².